The lowest BCUT2D eigenvalue weighted by Crippen LogP contribution is -2.65. The van der Waals surface area contributed by atoms with Gasteiger partial charge in [0.2, 0.25) is 11.8 Å². The SMILES string of the molecule is COc1cc(OC)c(CNC(=O)C2NC(=O)C2Cc2ccnc(N(C(=O)OC(C)(C)C)C(=O)OC(C)(C)C)c2)c(OC)c1. The second kappa shape index (κ2) is 13.2. The normalized spacial score (nSPS) is 16.3. The van der Waals surface area contributed by atoms with Gasteiger partial charge in [-0.2, -0.15) is 4.90 Å². The van der Waals surface area contributed by atoms with Crippen LogP contribution >= 0.6 is 0 Å². The summed E-state index contributed by atoms with van der Waals surface area (Å²) in [5.74, 6) is 0.0110. The van der Waals surface area contributed by atoms with Gasteiger partial charge in [-0.3, -0.25) is 9.59 Å². The highest BCUT2D eigenvalue weighted by Gasteiger charge is 2.44. The number of benzene rings is 1. The van der Waals surface area contributed by atoms with E-state index < -0.39 is 41.3 Å². The minimum atomic E-state index is -0.963. The Labute approximate surface area is 251 Å². The molecular formula is C30H40N4O9. The number of hydrogen-bond donors (Lipinski definition) is 2. The van der Waals surface area contributed by atoms with Crippen LogP contribution in [-0.4, -0.2) is 67.6 Å². The van der Waals surface area contributed by atoms with Gasteiger partial charge in [0, 0.05) is 18.3 Å². The molecule has 2 N–H and O–H groups in total. The van der Waals surface area contributed by atoms with E-state index in [2.05, 4.69) is 15.6 Å². The van der Waals surface area contributed by atoms with Crippen molar-refractivity contribution in [2.75, 3.05) is 26.2 Å². The van der Waals surface area contributed by atoms with E-state index >= 15 is 0 Å². The van der Waals surface area contributed by atoms with Crippen LogP contribution in [0.3, 0.4) is 0 Å². The molecule has 0 spiro atoms. The van der Waals surface area contributed by atoms with E-state index in [1.807, 2.05) is 0 Å². The quantitative estimate of drug-likeness (QED) is 0.407. The van der Waals surface area contributed by atoms with Gasteiger partial charge in [-0.25, -0.2) is 14.6 Å². The summed E-state index contributed by atoms with van der Waals surface area (Å²) in [5.41, 5.74) is -0.610. The first-order chi connectivity index (χ1) is 20.1. The van der Waals surface area contributed by atoms with Gasteiger partial charge in [-0.05, 0) is 65.7 Å². The van der Waals surface area contributed by atoms with Crippen molar-refractivity contribution >= 4 is 29.8 Å². The van der Waals surface area contributed by atoms with Crippen LogP contribution < -0.4 is 29.7 Å². The van der Waals surface area contributed by atoms with E-state index in [1.54, 1.807) is 59.7 Å². The summed E-state index contributed by atoms with van der Waals surface area (Å²) >= 11 is 0. The molecule has 0 aliphatic carbocycles. The molecule has 3 rings (SSSR count). The maximum absolute atomic E-state index is 13.1. The Bertz CT molecular complexity index is 1310. The molecule has 2 heterocycles. The van der Waals surface area contributed by atoms with Crippen molar-refractivity contribution in [1.82, 2.24) is 15.6 Å². The summed E-state index contributed by atoms with van der Waals surface area (Å²) in [4.78, 5) is 56.6. The fraction of sp³-hybridized carbons (Fsp3) is 0.500. The number of nitrogens with one attached hydrogen (secondary N) is 2. The Morgan fingerprint density at radius 2 is 1.47 bits per heavy atom. The number of nitrogens with zero attached hydrogens (tertiary/aromatic N) is 2. The van der Waals surface area contributed by atoms with Crippen molar-refractivity contribution in [3.63, 3.8) is 0 Å². The van der Waals surface area contributed by atoms with Crippen molar-refractivity contribution in [3.8, 4) is 17.2 Å². The number of imide groups is 1. The van der Waals surface area contributed by atoms with E-state index in [0.717, 1.165) is 0 Å². The van der Waals surface area contributed by atoms with Crippen molar-refractivity contribution < 1.29 is 42.9 Å². The fourth-order valence-corrected chi connectivity index (χ4v) is 4.25. The van der Waals surface area contributed by atoms with Gasteiger partial charge in [0.1, 0.15) is 40.3 Å². The third kappa shape index (κ3) is 8.49. The summed E-state index contributed by atoms with van der Waals surface area (Å²) in [5, 5.41) is 5.47. The average molecular weight is 601 g/mol. The van der Waals surface area contributed by atoms with Crippen molar-refractivity contribution in [2.24, 2.45) is 5.92 Å². The topological polar surface area (TPSA) is 155 Å². The molecule has 1 aromatic heterocycles. The number of methoxy groups -OCH3 is 3. The van der Waals surface area contributed by atoms with Crippen LogP contribution in [0, 0.1) is 5.92 Å². The molecule has 1 fully saturated rings. The second-order valence-corrected chi connectivity index (χ2v) is 11.8. The zero-order valence-corrected chi connectivity index (χ0v) is 26.0. The molecular weight excluding hydrogens is 560 g/mol. The van der Waals surface area contributed by atoms with E-state index in [9.17, 15) is 19.2 Å². The molecule has 13 nitrogen and oxygen atoms in total. The molecule has 1 saturated heterocycles. The lowest BCUT2D eigenvalue weighted by molar-refractivity contribution is -0.143. The van der Waals surface area contributed by atoms with Crippen LogP contribution in [0.4, 0.5) is 15.4 Å². The molecule has 2 aromatic rings. The van der Waals surface area contributed by atoms with Gasteiger partial charge in [-0.1, -0.05) is 0 Å². The lowest BCUT2D eigenvalue weighted by Gasteiger charge is -2.35. The number of β-lactam (4-membered cyclic amide) rings is 1. The Kier molecular flexibility index (Phi) is 10.1. The highest BCUT2D eigenvalue weighted by atomic mass is 16.6. The molecule has 234 valence electrons. The van der Waals surface area contributed by atoms with Gasteiger partial charge >= 0.3 is 12.2 Å². The predicted octanol–water partition coefficient (Wildman–Crippen LogP) is 3.76. The highest BCUT2D eigenvalue weighted by molar-refractivity contribution is 6.08. The maximum atomic E-state index is 13.1. The van der Waals surface area contributed by atoms with Gasteiger partial charge in [0.15, 0.2) is 0 Å². The van der Waals surface area contributed by atoms with Crippen molar-refractivity contribution in [2.45, 2.75) is 71.8 Å². The summed E-state index contributed by atoms with van der Waals surface area (Å²) in [7, 11) is 4.52. The number of carbonyl (C=O) groups excluding carboxylic acids is 4. The maximum Gasteiger partial charge on any atom is 0.425 e. The molecule has 0 saturated carbocycles. The van der Waals surface area contributed by atoms with Crippen LogP contribution in [0.2, 0.25) is 0 Å². The predicted molar refractivity (Wildman–Crippen MR) is 156 cm³/mol. The number of hydrogen-bond acceptors (Lipinski definition) is 10. The Hall–Kier alpha value is -4.55. The Balaban J connectivity index is 1.78. The molecule has 2 unspecified atom stereocenters. The third-order valence-corrected chi connectivity index (χ3v) is 6.22. The third-order valence-electron chi connectivity index (χ3n) is 6.22. The number of pyridine rings is 1. The Morgan fingerprint density at radius 1 is 0.907 bits per heavy atom. The van der Waals surface area contributed by atoms with Crippen molar-refractivity contribution in [3.05, 3.63) is 41.6 Å². The number of amides is 4. The van der Waals surface area contributed by atoms with Gasteiger partial charge in [-0.15, -0.1) is 0 Å². The number of rotatable bonds is 9. The molecule has 1 aliphatic rings. The minimum absolute atomic E-state index is 0.0413. The van der Waals surface area contributed by atoms with Crippen LogP contribution in [0.1, 0.15) is 52.7 Å². The number of aromatic nitrogens is 1. The van der Waals surface area contributed by atoms with Crippen LogP contribution in [0.5, 0.6) is 17.2 Å². The van der Waals surface area contributed by atoms with Crippen molar-refractivity contribution in [1.29, 1.82) is 0 Å². The van der Waals surface area contributed by atoms with E-state index in [4.69, 9.17) is 23.7 Å². The fourth-order valence-electron chi connectivity index (χ4n) is 4.25. The van der Waals surface area contributed by atoms with Gasteiger partial charge < -0.3 is 34.3 Å². The van der Waals surface area contributed by atoms with Gasteiger partial charge in [0.25, 0.3) is 0 Å². The number of ether oxygens (including phenoxy) is 5. The van der Waals surface area contributed by atoms with Crippen LogP contribution in [0.15, 0.2) is 30.5 Å². The number of carbonyl (C=O) groups is 4. The monoisotopic (exact) mass is 600 g/mol. The summed E-state index contributed by atoms with van der Waals surface area (Å²) in [6.45, 7) is 10.1. The second-order valence-electron chi connectivity index (χ2n) is 11.8. The molecule has 43 heavy (non-hydrogen) atoms. The zero-order chi connectivity index (χ0) is 32.1. The number of anilines is 1. The Morgan fingerprint density at radius 3 is 1.93 bits per heavy atom. The molecule has 13 heteroatoms. The highest BCUT2D eigenvalue weighted by Crippen LogP contribution is 2.34. The molecule has 4 amide bonds. The molecule has 0 radical (unpaired) electrons. The zero-order valence-electron chi connectivity index (χ0n) is 26.0. The van der Waals surface area contributed by atoms with E-state index in [1.165, 1.54) is 33.6 Å². The first kappa shape index (κ1) is 33.0. The molecule has 0 bridgehead atoms. The average Bonchev–Trinajstić information content (AvgIpc) is 2.91. The molecule has 1 aliphatic heterocycles. The summed E-state index contributed by atoms with van der Waals surface area (Å²) in [6, 6.07) is 5.67. The minimum Gasteiger partial charge on any atom is -0.496 e. The smallest absolute Gasteiger partial charge is 0.425 e. The lowest BCUT2D eigenvalue weighted by atomic mass is 9.84. The summed E-state index contributed by atoms with van der Waals surface area (Å²) < 4.78 is 27.0. The van der Waals surface area contributed by atoms with Crippen LogP contribution in [0.25, 0.3) is 0 Å². The molecule has 2 atom stereocenters. The first-order valence-corrected chi connectivity index (χ1v) is 13.6. The molecule has 1 aromatic carbocycles. The van der Waals surface area contributed by atoms with E-state index in [-0.39, 0.29) is 24.7 Å². The first-order valence-electron chi connectivity index (χ1n) is 13.6. The van der Waals surface area contributed by atoms with Gasteiger partial charge in [0.05, 0.1) is 39.4 Å². The summed E-state index contributed by atoms with van der Waals surface area (Å²) in [6.07, 6.45) is -0.380. The standard InChI is InChI=1S/C30H40N4O9/c1-29(2,3)42-27(37)34(28(38)43-30(4,5)6)23-13-17(10-11-31-23)12-19-24(33-25(19)35)26(36)32-16-20-21(40-8)14-18(39-7)15-22(20)41-9/h10-11,13-15,19,24H,12,16H2,1-9H3,(H,32,36)(H,33,35). The van der Waals surface area contributed by atoms with Crippen LogP contribution in [-0.2, 0) is 32.0 Å². The van der Waals surface area contributed by atoms with E-state index in [0.29, 0.717) is 33.3 Å². The largest absolute Gasteiger partial charge is 0.496 e.